The summed E-state index contributed by atoms with van der Waals surface area (Å²) in [6.45, 7) is 3.86. The van der Waals surface area contributed by atoms with E-state index in [0.29, 0.717) is 24.7 Å². The molecule has 1 saturated heterocycles. The number of hydrogen-bond donors (Lipinski definition) is 1. The van der Waals surface area contributed by atoms with Crippen molar-refractivity contribution in [2.24, 2.45) is 17.8 Å². The molecule has 2 fully saturated rings. The molecule has 2 aliphatic rings. The van der Waals surface area contributed by atoms with Crippen molar-refractivity contribution in [3.63, 3.8) is 0 Å². The highest BCUT2D eigenvalue weighted by Gasteiger charge is 2.27. The first-order valence-corrected chi connectivity index (χ1v) is 9.06. The molecule has 1 N–H and O–H groups in total. The van der Waals surface area contributed by atoms with Gasteiger partial charge in [0.2, 0.25) is 5.91 Å². The number of carbonyl (C=O) groups is 2. The molecule has 4 heteroatoms. The summed E-state index contributed by atoms with van der Waals surface area (Å²) in [6.07, 6.45) is 10.3. The lowest BCUT2D eigenvalue weighted by Crippen LogP contribution is -2.41. The van der Waals surface area contributed by atoms with Crippen molar-refractivity contribution in [3.8, 4) is 0 Å². The van der Waals surface area contributed by atoms with Crippen molar-refractivity contribution in [2.75, 3.05) is 13.1 Å². The Morgan fingerprint density at radius 1 is 1.14 bits per heavy atom. The van der Waals surface area contributed by atoms with E-state index in [1.54, 1.807) is 0 Å². The summed E-state index contributed by atoms with van der Waals surface area (Å²) in [4.78, 5) is 25.2. The molecule has 1 heterocycles. The SMILES string of the molecule is CC(CC(=O)N1CCCC(CCC(=O)O)C1)C1CCCCC1. The van der Waals surface area contributed by atoms with E-state index in [4.69, 9.17) is 5.11 Å². The lowest BCUT2D eigenvalue weighted by Gasteiger charge is -2.34. The summed E-state index contributed by atoms with van der Waals surface area (Å²) < 4.78 is 0. The van der Waals surface area contributed by atoms with Crippen molar-refractivity contribution in [1.29, 1.82) is 0 Å². The van der Waals surface area contributed by atoms with Crippen LogP contribution in [0.25, 0.3) is 0 Å². The van der Waals surface area contributed by atoms with Crippen LogP contribution in [0.3, 0.4) is 0 Å². The second-order valence-electron chi connectivity index (χ2n) is 7.36. The van der Waals surface area contributed by atoms with Gasteiger partial charge in [-0.05, 0) is 37.0 Å². The molecule has 2 unspecified atom stereocenters. The van der Waals surface area contributed by atoms with Gasteiger partial charge >= 0.3 is 5.97 Å². The van der Waals surface area contributed by atoms with Gasteiger partial charge in [-0.1, -0.05) is 39.0 Å². The van der Waals surface area contributed by atoms with Crippen LogP contribution in [0, 0.1) is 17.8 Å². The molecule has 0 radical (unpaired) electrons. The molecule has 0 aromatic heterocycles. The van der Waals surface area contributed by atoms with E-state index in [0.717, 1.165) is 31.8 Å². The molecule has 2 atom stereocenters. The Kier molecular flexibility index (Phi) is 6.71. The predicted octanol–water partition coefficient (Wildman–Crippen LogP) is 3.70. The number of likely N-dealkylation sites (tertiary alicyclic amines) is 1. The predicted molar refractivity (Wildman–Crippen MR) is 86.5 cm³/mol. The summed E-state index contributed by atoms with van der Waals surface area (Å²) in [5.74, 6) is 1.16. The number of carboxylic acid groups (broad SMARTS) is 1. The van der Waals surface area contributed by atoms with Gasteiger partial charge in [0.15, 0.2) is 0 Å². The number of carboxylic acids is 1. The van der Waals surface area contributed by atoms with Crippen LogP contribution in [0.1, 0.15) is 71.1 Å². The third kappa shape index (κ3) is 5.29. The summed E-state index contributed by atoms with van der Waals surface area (Å²) in [5.41, 5.74) is 0. The number of piperidine rings is 1. The van der Waals surface area contributed by atoms with Gasteiger partial charge < -0.3 is 10.0 Å². The molecule has 2 rings (SSSR count). The average Bonchev–Trinajstić information content (AvgIpc) is 2.54. The molecule has 4 nitrogen and oxygen atoms in total. The van der Waals surface area contributed by atoms with Crippen LogP contribution in [-0.4, -0.2) is 35.0 Å². The van der Waals surface area contributed by atoms with E-state index in [1.165, 1.54) is 32.1 Å². The normalized spacial score (nSPS) is 25.0. The van der Waals surface area contributed by atoms with Crippen LogP contribution < -0.4 is 0 Å². The Hall–Kier alpha value is -1.06. The highest BCUT2D eigenvalue weighted by Crippen LogP contribution is 2.32. The van der Waals surface area contributed by atoms with E-state index in [-0.39, 0.29) is 12.3 Å². The summed E-state index contributed by atoms with van der Waals surface area (Å²) >= 11 is 0. The molecule has 0 spiro atoms. The van der Waals surface area contributed by atoms with Crippen molar-refractivity contribution in [1.82, 2.24) is 4.90 Å². The Balaban J connectivity index is 1.77. The van der Waals surface area contributed by atoms with Gasteiger partial charge in [-0.2, -0.15) is 0 Å². The molecular formula is C18H31NO3. The monoisotopic (exact) mass is 309 g/mol. The van der Waals surface area contributed by atoms with Gasteiger partial charge in [0.05, 0.1) is 0 Å². The third-order valence-electron chi connectivity index (χ3n) is 5.59. The standard InChI is InChI=1S/C18H31NO3/c1-14(16-7-3-2-4-8-16)12-17(20)19-11-5-6-15(13-19)9-10-18(21)22/h14-16H,2-13H2,1H3,(H,21,22). The molecule has 126 valence electrons. The molecule has 0 aromatic carbocycles. The molecule has 1 amide bonds. The van der Waals surface area contributed by atoms with E-state index < -0.39 is 5.97 Å². The van der Waals surface area contributed by atoms with Crippen molar-refractivity contribution in [3.05, 3.63) is 0 Å². The number of amides is 1. The minimum absolute atomic E-state index is 0.227. The molecular weight excluding hydrogens is 278 g/mol. The zero-order chi connectivity index (χ0) is 15.9. The van der Waals surface area contributed by atoms with Crippen molar-refractivity contribution < 1.29 is 14.7 Å². The quantitative estimate of drug-likeness (QED) is 0.814. The van der Waals surface area contributed by atoms with E-state index in [1.807, 2.05) is 4.90 Å². The fraction of sp³-hybridized carbons (Fsp3) is 0.889. The van der Waals surface area contributed by atoms with Gasteiger partial charge in [0.1, 0.15) is 0 Å². The first-order chi connectivity index (χ1) is 10.6. The number of carbonyl (C=O) groups excluding carboxylic acids is 1. The lowest BCUT2D eigenvalue weighted by atomic mass is 9.79. The van der Waals surface area contributed by atoms with Gasteiger partial charge in [0.25, 0.3) is 0 Å². The zero-order valence-electron chi connectivity index (χ0n) is 13.9. The Labute approximate surface area is 134 Å². The van der Waals surface area contributed by atoms with E-state index in [9.17, 15) is 9.59 Å². The van der Waals surface area contributed by atoms with Gasteiger partial charge in [-0.25, -0.2) is 0 Å². The maximum atomic E-state index is 12.5. The van der Waals surface area contributed by atoms with Gasteiger partial charge in [0, 0.05) is 25.9 Å². The smallest absolute Gasteiger partial charge is 0.303 e. The Morgan fingerprint density at radius 2 is 1.86 bits per heavy atom. The minimum Gasteiger partial charge on any atom is -0.481 e. The largest absolute Gasteiger partial charge is 0.481 e. The minimum atomic E-state index is -0.727. The van der Waals surface area contributed by atoms with E-state index in [2.05, 4.69) is 6.92 Å². The third-order valence-corrected chi connectivity index (χ3v) is 5.59. The number of nitrogens with zero attached hydrogens (tertiary/aromatic N) is 1. The first kappa shape index (κ1) is 17.3. The molecule has 22 heavy (non-hydrogen) atoms. The first-order valence-electron chi connectivity index (χ1n) is 9.06. The maximum Gasteiger partial charge on any atom is 0.303 e. The molecule has 0 aromatic rings. The fourth-order valence-electron chi connectivity index (χ4n) is 4.13. The second-order valence-corrected chi connectivity index (χ2v) is 7.36. The van der Waals surface area contributed by atoms with Crippen LogP contribution in [0.4, 0.5) is 0 Å². The van der Waals surface area contributed by atoms with Crippen molar-refractivity contribution in [2.45, 2.75) is 71.1 Å². The van der Waals surface area contributed by atoms with Gasteiger partial charge in [-0.15, -0.1) is 0 Å². The number of aliphatic carboxylic acids is 1. The van der Waals surface area contributed by atoms with Crippen LogP contribution >= 0.6 is 0 Å². The molecule has 1 saturated carbocycles. The van der Waals surface area contributed by atoms with Crippen LogP contribution in [0.2, 0.25) is 0 Å². The number of hydrogen-bond acceptors (Lipinski definition) is 2. The molecule has 1 aliphatic carbocycles. The second kappa shape index (κ2) is 8.54. The van der Waals surface area contributed by atoms with Gasteiger partial charge in [-0.3, -0.25) is 9.59 Å². The van der Waals surface area contributed by atoms with E-state index >= 15 is 0 Å². The Morgan fingerprint density at radius 3 is 2.55 bits per heavy atom. The van der Waals surface area contributed by atoms with Crippen LogP contribution in [0.15, 0.2) is 0 Å². The van der Waals surface area contributed by atoms with Crippen molar-refractivity contribution >= 4 is 11.9 Å². The molecule has 0 bridgehead atoms. The zero-order valence-corrected chi connectivity index (χ0v) is 13.9. The maximum absolute atomic E-state index is 12.5. The summed E-state index contributed by atoms with van der Waals surface area (Å²) in [7, 11) is 0. The number of rotatable bonds is 6. The van der Waals surface area contributed by atoms with Crippen LogP contribution in [0.5, 0.6) is 0 Å². The molecule has 1 aliphatic heterocycles. The average molecular weight is 309 g/mol. The summed E-state index contributed by atoms with van der Waals surface area (Å²) in [5, 5.41) is 8.80. The highest BCUT2D eigenvalue weighted by molar-refractivity contribution is 5.76. The summed E-state index contributed by atoms with van der Waals surface area (Å²) in [6, 6.07) is 0. The van der Waals surface area contributed by atoms with Crippen LogP contribution in [-0.2, 0) is 9.59 Å². The topological polar surface area (TPSA) is 57.6 Å². The lowest BCUT2D eigenvalue weighted by molar-refractivity contribution is -0.137. The highest BCUT2D eigenvalue weighted by atomic mass is 16.4. The fourth-order valence-corrected chi connectivity index (χ4v) is 4.13. The Bertz CT molecular complexity index is 377.